The van der Waals surface area contributed by atoms with Crippen molar-refractivity contribution in [3.8, 4) is 5.75 Å². The summed E-state index contributed by atoms with van der Waals surface area (Å²) in [6.07, 6.45) is 1.99. The topological polar surface area (TPSA) is 97.6 Å². The van der Waals surface area contributed by atoms with E-state index in [0.29, 0.717) is 6.54 Å². The van der Waals surface area contributed by atoms with E-state index in [4.69, 9.17) is 9.15 Å². The third-order valence-corrected chi connectivity index (χ3v) is 6.27. The normalized spacial score (nSPS) is 23.4. The summed E-state index contributed by atoms with van der Waals surface area (Å²) in [7, 11) is 0. The van der Waals surface area contributed by atoms with Crippen LogP contribution in [0.4, 0.5) is 19.2 Å². The minimum Gasteiger partial charge on any atom is -0.489 e. The Balaban J connectivity index is 1.35. The molecule has 1 aliphatic heterocycles. The van der Waals surface area contributed by atoms with Crippen molar-refractivity contribution in [1.82, 2.24) is 14.9 Å². The molecule has 1 saturated heterocycles. The Hall–Kier alpha value is -3.11. The predicted octanol–water partition coefficient (Wildman–Crippen LogP) is 4.06. The van der Waals surface area contributed by atoms with E-state index in [1.807, 2.05) is 0 Å². The first-order chi connectivity index (χ1) is 15.8. The Bertz CT molecular complexity index is 959. The van der Waals surface area contributed by atoms with E-state index in [2.05, 4.69) is 15.3 Å². The first kappa shape index (κ1) is 23.1. The number of ether oxygens (including phenoxy) is 1. The van der Waals surface area contributed by atoms with E-state index in [1.165, 1.54) is 18.7 Å². The fourth-order valence-corrected chi connectivity index (χ4v) is 4.51. The maximum Gasteiger partial charge on any atom is 0.391 e. The molecule has 2 fully saturated rings. The smallest absolute Gasteiger partial charge is 0.391 e. The van der Waals surface area contributed by atoms with Gasteiger partial charge < -0.3 is 14.1 Å². The minimum absolute atomic E-state index is 0.00635. The summed E-state index contributed by atoms with van der Waals surface area (Å²) in [6.45, 7) is 0.714. The summed E-state index contributed by atoms with van der Waals surface area (Å²) >= 11 is 0. The molecule has 0 unspecified atom stereocenters. The number of amides is 2. The number of carbonyl (C=O) groups is 2. The molecule has 2 amide bonds. The summed E-state index contributed by atoms with van der Waals surface area (Å²) in [5.41, 5.74) is 0.0528. The number of alkyl halides is 3. The number of hydrogen-bond acceptors (Lipinski definition) is 6. The number of nitrogens with one attached hydrogen (secondary N) is 1. The zero-order chi connectivity index (χ0) is 23.4. The summed E-state index contributed by atoms with van der Waals surface area (Å²) < 4.78 is 49.7. The van der Waals surface area contributed by atoms with E-state index in [0.717, 1.165) is 12.8 Å². The van der Waals surface area contributed by atoms with Crippen LogP contribution in [0.25, 0.3) is 0 Å². The van der Waals surface area contributed by atoms with Crippen LogP contribution in [-0.4, -0.2) is 52.1 Å². The van der Waals surface area contributed by atoms with Crippen molar-refractivity contribution >= 4 is 17.8 Å². The van der Waals surface area contributed by atoms with Gasteiger partial charge in [0.05, 0.1) is 18.2 Å². The largest absolute Gasteiger partial charge is 0.489 e. The number of carbonyl (C=O) groups excluding carboxylic acids is 2. The molecule has 2 aliphatic rings. The van der Waals surface area contributed by atoms with E-state index in [-0.39, 0.29) is 67.6 Å². The van der Waals surface area contributed by atoms with Crippen LogP contribution in [0.3, 0.4) is 0 Å². The van der Waals surface area contributed by atoms with Crippen molar-refractivity contribution in [2.75, 3.05) is 18.5 Å². The molecule has 1 atom stereocenters. The van der Waals surface area contributed by atoms with Crippen LogP contribution in [0.1, 0.15) is 49.0 Å². The molecule has 178 valence electrons. The number of nitrogens with zero attached hydrogens (tertiary/aromatic N) is 3. The first-order valence-corrected chi connectivity index (χ1v) is 11.0. The van der Waals surface area contributed by atoms with Gasteiger partial charge in [-0.1, -0.05) is 0 Å². The van der Waals surface area contributed by atoms with Crippen molar-refractivity contribution in [2.24, 2.45) is 11.8 Å². The quantitative estimate of drug-likeness (QED) is 0.690. The van der Waals surface area contributed by atoms with Crippen LogP contribution < -0.4 is 10.1 Å². The van der Waals surface area contributed by atoms with Crippen LogP contribution in [0.15, 0.2) is 35.2 Å². The van der Waals surface area contributed by atoms with Gasteiger partial charge in [-0.2, -0.15) is 13.2 Å². The summed E-state index contributed by atoms with van der Waals surface area (Å²) in [5, 5.41) is 2.49. The highest BCUT2D eigenvalue weighted by Crippen LogP contribution is 2.40. The van der Waals surface area contributed by atoms with Gasteiger partial charge in [0.2, 0.25) is 5.91 Å². The Morgan fingerprint density at radius 2 is 1.94 bits per heavy atom. The Morgan fingerprint density at radius 1 is 1.15 bits per heavy atom. The average molecular weight is 466 g/mol. The van der Waals surface area contributed by atoms with Crippen molar-refractivity contribution in [1.29, 1.82) is 0 Å². The van der Waals surface area contributed by atoms with E-state index in [1.54, 1.807) is 17.0 Å². The third kappa shape index (κ3) is 5.45. The van der Waals surface area contributed by atoms with Crippen LogP contribution in [0.5, 0.6) is 5.75 Å². The second-order valence-electron chi connectivity index (χ2n) is 8.37. The molecule has 1 saturated carbocycles. The SMILES string of the molecule is O=C(Nc1ncco1)c1ncccc1OC[C@@H]1CCCN1C(=O)[C@H]1CC[C@H](C(F)(F)F)CC1. The molecule has 0 bridgehead atoms. The summed E-state index contributed by atoms with van der Waals surface area (Å²) in [4.78, 5) is 35.2. The second-order valence-corrected chi connectivity index (χ2v) is 8.37. The number of pyridine rings is 1. The number of rotatable bonds is 6. The van der Waals surface area contributed by atoms with Gasteiger partial charge in [0, 0.05) is 18.7 Å². The molecular formula is C22H25F3N4O4. The van der Waals surface area contributed by atoms with Crippen molar-refractivity contribution < 1.29 is 31.9 Å². The molecule has 1 aliphatic carbocycles. The van der Waals surface area contributed by atoms with Gasteiger partial charge >= 0.3 is 12.2 Å². The fourth-order valence-electron chi connectivity index (χ4n) is 4.51. The molecular weight excluding hydrogens is 441 g/mol. The zero-order valence-electron chi connectivity index (χ0n) is 17.9. The van der Waals surface area contributed by atoms with Crippen LogP contribution >= 0.6 is 0 Å². The molecule has 2 aromatic rings. The molecule has 0 aromatic carbocycles. The highest BCUT2D eigenvalue weighted by Gasteiger charge is 2.44. The molecule has 8 nitrogen and oxygen atoms in total. The van der Waals surface area contributed by atoms with Crippen molar-refractivity contribution in [3.63, 3.8) is 0 Å². The molecule has 3 heterocycles. The Kier molecular flexibility index (Phi) is 6.85. The summed E-state index contributed by atoms with van der Waals surface area (Å²) in [5.74, 6) is -2.09. The Morgan fingerprint density at radius 3 is 2.64 bits per heavy atom. The molecule has 11 heteroatoms. The van der Waals surface area contributed by atoms with Gasteiger partial charge in [-0.05, 0) is 50.7 Å². The number of aromatic nitrogens is 2. The number of halogens is 3. The van der Waals surface area contributed by atoms with Crippen LogP contribution in [0.2, 0.25) is 0 Å². The number of anilines is 1. The van der Waals surface area contributed by atoms with Crippen molar-refractivity contribution in [2.45, 2.75) is 50.7 Å². The van der Waals surface area contributed by atoms with Crippen LogP contribution in [0, 0.1) is 11.8 Å². The number of hydrogen-bond donors (Lipinski definition) is 1. The van der Waals surface area contributed by atoms with E-state index < -0.39 is 18.0 Å². The molecule has 2 aromatic heterocycles. The highest BCUT2D eigenvalue weighted by atomic mass is 19.4. The third-order valence-electron chi connectivity index (χ3n) is 6.27. The summed E-state index contributed by atoms with van der Waals surface area (Å²) in [6, 6.07) is 3.07. The van der Waals surface area contributed by atoms with E-state index >= 15 is 0 Å². The maximum absolute atomic E-state index is 13.0. The van der Waals surface area contributed by atoms with E-state index in [9.17, 15) is 22.8 Å². The molecule has 33 heavy (non-hydrogen) atoms. The molecule has 1 N–H and O–H groups in total. The highest BCUT2D eigenvalue weighted by molar-refractivity contribution is 6.03. The number of oxazole rings is 1. The molecule has 4 rings (SSSR count). The molecule has 0 radical (unpaired) electrons. The van der Waals surface area contributed by atoms with Gasteiger partial charge in [0.25, 0.3) is 5.91 Å². The fraction of sp³-hybridized carbons (Fsp3) is 0.545. The van der Waals surface area contributed by atoms with Crippen LogP contribution in [-0.2, 0) is 4.79 Å². The monoisotopic (exact) mass is 466 g/mol. The lowest BCUT2D eigenvalue weighted by molar-refractivity contribution is -0.185. The van der Waals surface area contributed by atoms with Gasteiger partial charge in [-0.15, -0.1) is 0 Å². The van der Waals surface area contributed by atoms with Gasteiger partial charge in [0.15, 0.2) is 11.4 Å². The molecule has 0 spiro atoms. The maximum atomic E-state index is 13.0. The number of likely N-dealkylation sites (tertiary alicyclic amines) is 1. The zero-order valence-corrected chi connectivity index (χ0v) is 17.9. The minimum atomic E-state index is -4.20. The van der Waals surface area contributed by atoms with Gasteiger partial charge in [0.1, 0.15) is 12.9 Å². The predicted molar refractivity (Wildman–Crippen MR) is 110 cm³/mol. The van der Waals surface area contributed by atoms with Gasteiger partial charge in [-0.3, -0.25) is 14.9 Å². The Labute approximate surface area is 188 Å². The van der Waals surface area contributed by atoms with Gasteiger partial charge in [-0.25, -0.2) is 9.97 Å². The van der Waals surface area contributed by atoms with Crippen molar-refractivity contribution in [3.05, 3.63) is 36.5 Å². The lowest BCUT2D eigenvalue weighted by Gasteiger charge is -2.33. The lowest BCUT2D eigenvalue weighted by atomic mass is 9.81. The second kappa shape index (κ2) is 9.80. The standard InChI is InChI=1S/C22H25F3N4O4/c23-22(24,25)15-7-5-14(6-8-15)20(31)29-11-2-3-16(29)13-33-17-4-1-9-26-18(17)19(30)28-21-27-10-12-32-21/h1,4,9-10,12,14-16H,2-3,5-8,11,13H2,(H,27,28,30)/t14-,15-,16-/m0/s1. The first-order valence-electron chi connectivity index (χ1n) is 11.0. The lowest BCUT2D eigenvalue weighted by Crippen LogP contribution is -2.44. The average Bonchev–Trinajstić information content (AvgIpc) is 3.49.